The molecule has 0 radical (unpaired) electrons. The van der Waals surface area contributed by atoms with E-state index in [1.54, 1.807) is 12.1 Å². The molecule has 0 aromatic heterocycles. The molecule has 1 aromatic carbocycles. The van der Waals surface area contributed by atoms with Crippen LogP contribution in [0.4, 0.5) is 5.69 Å². The van der Waals surface area contributed by atoms with Crippen molar-refractivity contribution in [3.8, 4) is 12.1 Å². The van der Waals surface area contributed by atoms with E-state index in [4.69, 9.17) is 16.3 Å². The van der Waals surface area contributed by atoms with Crippen LogP contribution in [0.15, 0.2) is 18.2 Å². The fourth-order valence-corrected chi connectivity index (χ4v) is 1.68. The van der Waals surface area contributed by atoms with E-state index >= 15 is 0 Å². The van der Waals surface area contributed by atoms with Gasteiger partial charge in [0, 0.05) is 12.2 Å². The standard InChI is InChI=1S/C14H18N4/c1-10(2)13(8-17)9-18-14-4-3-11(6-15)12(5-14)7-16/h3-5,10,13,18H,8-9,17H2,1-2H3. The summed E-state index contributed by atoms with van der Waals surface area (Å²) in [6, 6.07) is 9.20. The van der Waals surface area contributed by atoms with Gasteiger partial charge in [-0.1, -0.05) is 13.8 Å². The summed E-state index contributed by atoms with van der Waals surface area (Å²) in [4.78, 5) is 0. The van der Waals surface area contributed by atoms with Crippen LogP contribution in [-0.2, 0) is 0 Å². The Hall–Kier alpha value is -2.04. The van der Waals surface area contributed by atoms with E-state index in [1.807, 2.05) is 18.2 Å². The minimum atomic E-state index is 0.395. The molecular weight excluding hydrogens is 224 g/mol. The van der Waals surface area contributed by atoms with Crippen molar-refractivity contribution in [1.29, 1.82) is 10.5 Å². The van der Waals surface area contributed by atoms with E-state index in [1.165, 1.54) is 0 Å². The van der Waals surface area contributed by atoms with Crippen molar-refractivity contribution in [2.45, 2.75) is 13.8 Å². The Morgan fingerprint density at radius 2 is 1.89 bits per heavy atom. The normalized spacial score (nSPS) is 11.7. The summed E-state index contributed by atoms with van der Waals surface area (Å²) >= 11 is 0. The Morgan fingerprint density at radius 3 is 2.39 bits per heavy atom. The highest BCUT2D eigenvalue weighted by molar-refractivity contribution is 5.56. The predicted octanol–water partition coefficient (Wildman–Crippen LogP) is 2.07. The molecular formula is C14H18N4. The van der Waals surface area contributed by atoms with Crippen molar-refractivity contribution >= 4 is 5.69 Å². The third-order valence-electron chi connectivity index (χ3n) is 3.07. The zero-order valence-corrected chi connectivity index (χ0v) is 10.8. The van der Waals surface area contributed by atoms with Crippen molar-refractivity contribution in [1.82, 2.24) is 0 Å². The first-order valence-electron chi connectivity index (χ1n) is 6.00. The van der Waals surface area contributed by atoms with Crippen LogP contribution in [0, 0.1) is 34.5 Å². The van der Waals surface area contributed by atoms with Gasteiger partial charge < -0.3 is 11.1 Å². The lowest BCUT2D eigenvalue weighted by Gasteiger charge is -2.20. The fraction of sp³-hybridized carbons (Fsp3) is 0.429. The van der Waals surface area contributed by atoms with Gasteiger partial charge >= 0.3 is 0 Å². The quantitative estimate of drug-likeness (QED) is 0.827. The second kappa shape index (κ2) is 6.64. The molecule has 0 saturated carbocycles. The van der Waals surface area contributed by atoms with Gasteiger partial charge in [0.15, 0.2) is 0 Å². The van der Waals surface area contributed by atoms with Crippen LogP contribution in [0.2, 0.25) is 0 Å². The van der Waals surface area contributed by atoms with Crippen LogP contribution >= 0.6 is 0 Å². The van der Waals surface area contributed by atoms with Crippen LogP contribution in [0.1, 0.15) is 25.0 Å². The second-order valence-corrected chi connectivity index (χ2v) is 4.60. The summed E-state index contributed by atoms with van der Waals surface area (Å²) in [5, 5.41) is 21.0. The molecule has 4 heteroatoms. The Morgan fingerprint density at radius 1 is 1.22 bits per heavy atom. The molecule has 94 valence electrons. The fourth-order valence-electron chi connectivity index (χ4n) is 1.68. The van der Waals surface area contributed by atoms with E-state index in [0.717, 1.165) is 12.2 Å². The molecule has 1 atom stereocenters. The summed E-state index contributed by atoms with van der Waals surface area (Å²) in [6.07, 6.45) is 0. The highest BCUT2D eigenvalue weighted by Gasteiger charge is 2.11. The maximum absolute atomic E-state index is 8.94. The van der Waals surface area contributed by atoms with Gasteiger partial charge in [0.2, 0.25) is 0 Å². The molecule has 0 amide bonds. The molecule has 0 bridgehead atoms. The molecule has 0 fully saturated rings. The number of rotatable bonds is 5. The van der Waals surface area contributed by atoms with E-state index < -0.39 is 0 Å². The minimum absolute atomic E-state index is 0.395. The summed E-state index contributed by atoms with van der Waals surface area (Å²) < 4.78 is 0. The van der Waals surface area contributed by atoms with Crippen molar-refractivity contribution in [2.24, 2.45) is 17.6 Å². The van der Waals surface area contributed by atoms with Crippen molar-refractivity contribution in [3.63, 3.8) is 0 Å². The predicted molar refractivity (Wildman–Crippen MR) is 71.7 cm³/mol. The molecule has 0 aliphatic rings. The SMILES string of the molecule is CC(C)C(CN)CNc1ccc(C#N)c(C#N)c1. The molecule has 0 spiro atoms. The van der Waals surface area contributed by atoms with Gasteiger partial charge in [0.05, 0.1) is 11.1 Å². The minimum Gasteiger partial charge on any atom is -0.385 e. The van der Waals surface area contributed by atoms with Crippen LogP contribution in [0.25, 0.3) is 0 Å². The van der Waals surface area contributed by atoms with Gasteiger partial charge in [-0.2, -0.15) is 10.5 Å². The number of hydrogen-bond donors (Lipinski definition) is 2. The van der Waals surface area contributed by atoms with E-state index in [-0.39, 0.29) is 0 Å². The number of nitriles is 2. The molecule has 0 aliphatic heterocycles. The van der Waals surface area contributed by atoms with Crippen LogP contribution < -0.4 is 11.1 Å². The third kappa shape index (κ3) is 3.48. The second-order valence-electron chi connectivity index (χ2n) is 4.60. The van der Waals surface area contributed by atoms with Crippen molar-refractivity contribution in [2.75, 3.05) is 18.4 Å². The topological polar surface area (TPSA) is 85.6 Å². The average Bonchev–Trinajstić information content (AvgIpc) is 2.38. The number of anilines is 1. The van der Waals surface area contributed by atoms with Gasteiger partial charge in [-0.25, -0.2) is 0 Å². The van der Waals surface area contributed by atoms with E-state index in [2.05, 4.69) is 19.2 Å². The largest absolute Gasteiger partial charge is 0.385 e. The maximum atomic E-state index is 8.94. The molecule has 18 heavy (non-hydrogen) atoms. The van der Waals surface area contributed by atoms with Gasteiger partial charge in [0.1, 0.15) is 12.1 Å². The first kappa shape index (κ1) is 14.0. The smallest absolute Gasteiger partial charge is 0.101 e. The lowest BCUT2D eigenvalue weighted by Crippen LogP contribution is -2.27. The van der Waals surface area contributed by atoms with Gasteiger partial charge in [0.25, 0.3) is 0 Å². The Bertz CT molecular complexity index is 480. The Labute approximate surface area is 108 Å². The number of hydrogen-bond acceptors (Lipinski definition) is 4. The summed E-state index contributed by atoms with van der Waals surface area (Å²) in [7, 11) is 0. The van der Waals surface area contributed by atoms with Gasteiger partial charge in [-0.15, -0.1) is 0 Å². The zero-order valence-electron chi connectivity index (χ0n) is 10.8. The van der Waals surface area contributed by atoms with Gasteiger partial charge in [-0.05, 0) is 36.6 Å². The average molecular weight is 242 g/mol. The van der Waals surface area contributed by atoms with Crippen LogP contribution in [0.3, 0.4) is 0 Å². The van der Waals surface area contributed by atoms with Crippen molar-refractivity contribution < 1.29 is 0 Å². The molecule has 3 N–H and O–H groups in total. The molecule has 1 aromatic rings. The third-order valence-corrected chi connectivity index (χ3v) is 3.07. The number of benzene rings is 1. The van der Waals surface area contributed by atoms with Crippen LogP contribution in [0.5, 0.6) is 0 Å². The Kier molecular flexibility index (Phi) is 5.17. The molecule has 0 aliphatic carbocycles. The molecule has 4 nitrogen and oxygen atoms in total. The monoisotopic (exact) mass is 242 g/mol. The van der Waals surface area contributed by atoms with Crippen molar-refractivity contribution in [3.05, 3.63) is 29.3 Å². The molecule has 1 rings (SSSR count). The maximum Gasteiger partial charge on any atom is 0.101 e. The zero-order chi connectivity index (χ0) is 13.5. The molecule has 0 heterocycles. The highest BCUT2D eigenvalue weighted by Crippen LogP contribution is 2.16. The molecule has 1 unspecified atom stereocenters. The summed E-state index contributed by atoms with van der Waals surface area (Å²) in [6.45, 7) is 5.67. The first-order valence-corrected chi connectivity index (χ1v) is 6.00. The first-order chi connectivity index (χ1) is 8.62. The lowest BCUT2D eigenvalue weighted by atomic mass is 9.96. The van der Waals surface area contributed by atoms with Gasteiger partial charge in [-0.3, -0.25) is 0 Å². The highest BCUT2D eigenvalue weighted by atomic mass is 14.9. The summed E-state index contributed by atoms with van der Waals surface area (Å²) in [5.74, 6) is 0.905. The Balaban J connectivity index is 2.75. The van der Waals surface area contributed by atoms with Crippen LogP contribution in [-0.4, -0.2) is 13.1 Å². The number of nitrogens with one attached hydrogen (secondary N) is 1. The lowest BCUT2D eigenvalue weighted by molar-refractivity contribution is 0.413. The molecule has 0 saturated heterocycles. The number of nitrogens with zero attached hydrogens (tertiary/aromatic N) is 2. The van der Waals surface area contributed by atoms with E-state index in [0.29, 0.717) is 29.5 Å². The summed E-state index contributed by atoms with van der Waals surface area (Å²) in [5.41, 5.74) is 7.36. The number of nitrogens with two attached hydrogens (primary N) is 1. The van der Waals surface area contributed by atoms with E-state index in [9.17, 15) is 0 Å².